The number of aryl methyl sites for hydroxylation is 1. The molecule has 116 valence electrons. The zero-order valence-electron chi connectivity index (χ0n) is 12.7. The molecule has 2 N–H and O–H groups in total. The largest absolute Gasteiger partial charge is 0.326 e. The van der Waals surface area contributed by atoms with Crippen LogP contribution in [0.15, 0.2) is 42.5 Å². The van der Waals surface area contributed by atoms with E-state index in [1.54, 1.807) is 35.6 Å². The third-order valence-corrected chi connectivity index (χ3v) is 4.15. The van der Waals surface area contributed by atoms with Gasteiger partial charge in [-0.15, -0.1) is 11.3 Å². The molecule has 0 spiro atoms. The first-order valence-corrected chi connectivity index (χ1v) is 7.89. The van der Waals surface area contributed by atoms with E-state index in [1.807, 2.05) is 25.1 Å². The molecular formula is C17H15N3O2S. The van der Waals surface area contributed by atoms with Crippen LogP contribution in [0, 0.1) is 6.92 Å². The van der Waals surface area contributed by atoms with Crippen molar-refractivity contribution in [2.24, 2.45) is 0 Å². The number of hydrogen-bond acceptors (Lipinski definition) is 4. The van der Waals surface area contributed by atoms with Gasteiger partial charge in [-0.1, -0.05) is 6.07 Å². The first kappa shape index (κ1) is 15.2. The smallest absolute Gasteiger partial charge is 0.255 e. The molecule has 1 heterocycles. The molecule has 1 aromatic heterocycles. The fourth-order valence-corrected chi connectivity index (χ4v) is 3.07. The molecule has 3 aromatic rings. The highest BCUT2D eigenvalue weighted by Crippen LogP contribution is 2.24. The third-order valence-electron chi connectivity index (χ3n) is 3.20. The lowest BCUT2D eigenvalue weighted by molar-refractivity contribution is -0.114. The predicted octanol–water partition coefficient (Wildman–Crippen LogP) is 3.82. The zero-order chi connectivity index (χ0) is 16.4. The van der Waals surface area contributed by atoms with E-state index in [-0.39, 0.29) is 11.8 Å². The Morgan fingerprint density at radius 3 is 2.61 bits per heavy atom. The Kier molecular flexibility index (Phi) is 4.08. The molecule has 0 aliphatic rings. The van der Waals surface area contributed by atoms with Gasteiger partial charge in [0.05, 0.1) is 15.2 Å². The monoisotopic (exact) mass is 325 g/mol. The number of anilines is 2. The van der Waals surface area contributed by atoms with Crippen molar-refractivity contribution in [2.45, 2.75) is 13.8 Å². The molecule has 3 rings (SSSR count). The van der Waals surface area contributed by atoms with Crippen molar-refractivity contribution < 1.29 is 9.59 Å². The molecule has 6 heteroatoms. The maximum absolute atomic E-state index is 12.4. The second-order valence-corrected chi connectivity index (χ2v) is 6.37. The van der Waals surface area contributed by atoms with Gasteiger partial charge in [-0.3, -0.25) is 9.59 Å². The lowest BCUT2D eigenvalue weighted by Crippen LogP contribution is -2.13. The van der Waals surface area contributed by atoms with Gasteiger partial charge in [-0.25, -0.2) is 4.98 Å². The maximum Gasteiger partial charge on any atom is 0.255 e. The molecule has 2 aromatic carbocycles. The van der Waals surface area contributed by atoms with E-state index < -0.39 is 0 Å². The van der Waals surface area contributed by atoms with Crippen LogP contribution in [0.3, 0.4) is 0 Å². The second kappa shape index (κ2) is 6.18. The van der Waals surface area contributed by atoms with E-state index in [0.29, 0.717) is 16.9 Å². The van der Waals surface area contributed by atoms with E-state index in [0.717, 1.165) is 15.2 Å². The Morgan fingerprint density at radius 1 is 1.04 bits per heavy atom. The van der Waals surface area contributed by atoms with Gasteiger partial charge in [0.1, 0.15) is 0 Å². The topological polar surface area (TPSA) is 71.1 Å². The van der Waals surface area contributed by atoms with Crippen LogP contribution in [0.25, 0.3) is 10.2 Å². The minimum absolute atomic E-state index is 0.174. The number of thiazole rings is 1. The van der Waals surface area contributed by atoms with E-state index >= 15 is 0 Å². The lowest BCUT2D eigenvalue weighted by atomic mass is 10.2. The Labute approximate surface area is 137 Å². The Morgan fingerprint density at radius 2 is 1.83 bits per heavy atom. The number of amides is 2. The van der Waals surface area contributed by atoms with E-state index in [9.17, 15) is 9.59 Å². The van der Waals surface area contributed by atoms with Crippen LogP contribution in [-0.2, 0) is 4.79 Å². The molecule has 0 saturated heterocycles. The van der Waals surface area contributed by atoms with Gasteiger partial charge in [0.25, 0.3) is 5.91 Å². The van der Waals surface area contributed by atoms with E-state index in [1.165, 1.54) is 6.92 Å². The van der Waals surface area contributed by atoms with Crippen molar-refractivity contribution in [3.63, 3.8) is 0 Å². The first-order valence-electron chi connectivity index (χ1n) is 7.07. The SMILES string of the molecule is CC(=O)Nc1cccc(C(=O)Nc2ccc3sc(C)nc3c2)c1. The number of carbonyl (C=O) groups is 2. The Balaban J connectivity index is 1.81. The number of carbonyl (C=O) groups excluding carboxylic acids is 2. The van der Waals surface area contributed by atoms with Gasteiger partial charge >= 0.3 is 0 Å². The van der Waals surface area contributed by atoms with Gasteiger partial charge < -0.3 is 10.6 Å². The molecule has 0 aliphatic heterocycles. The van der Waals surface area contributed by atoms with Crippen LogP contribution in [0.1, 0.15) is 22.3 Å². The van der Waals surface area contributed by atoms with Gasteiger partial charge in [-0.05, 0) is 43.3 Å². The molecule has 2 amide bonds. The summed E-state index contributed by atoms with van der Waals surface area (Å²) >= 11 is 1.62. The quantitative estimate of drug-likeness (QED) is 0.769. The lowest BCUT2D eigenvalue weighted by Gasteiger charge is -2.07. The normalized spacial score (nSPS) is 10.5. The fourth-order valence-electron chi connectivity index (χ4n) is 2.27. The number of benzene rings is 2. The van der Waals surface area contributed by atoms with Gasteiger partial charge in [-0.2, -0.15) is 0 Å². The summed E-state index contributed by atoms with van der Waals surface area (Å²) in [5.41, 5.74) is 2.64. The van der Waals surface area contributed by atoms with E-state index in [4.69, 9.17) is 0 Å². The summed E-state index contributed by atoms with van der Waals surface area (Å²) in [7, 11) is 0. The Bertz CT molecular complexity index is 902. The molecule has 0 unspecified atom stereocenters. The van der Waals surface area contributed by atoms with Crippen molar-refractivity contribution >= 4 is 44.7 Å². The van der Waals surface area contributed by atoms with Crippen LogP contribution in [0.4, 0.5) is 11.4 Å². The summed E-state index contributed by atoms with van der Waals surface area (Å²) < 4.78 is 1.09. The summed E-state index contributed by atoms with van der Waals surface area (Å²) in [6.45, 7) is 3.38. The van der Waals surface area contributed by atoms with Crippen molar-refractivity contribution in [3.8, 4) is 0 Å². The zero-order valence-corrected chi connectivity index (χ0v) is 13.5. The van der Waals surface area contributed by atoms with Crippen LogP contribution >= 0.6 is 11.3 Å². The van der Waals surface area contributed by atoms with Crippen molar-refractivity contribution in [3.05, 3.63) is 53.0 Å². The molecular weight excluding hydrogens is 310 g/mol. The van der Waals surface area contributed by atoms with Crippen molar-refractivity contribution in [1.29, 1.82) is 0 Å². The molecule has 0 radical (unpaired) electrons. The third kappa shape index (κ3) is 3.54. The van der Waals surface area contributed by atoms with Crippen molar-refractivity contribution in [1.82, 2.24) is 4.98 Å². The van der Waals surface area contributed by atoms with Crippen LogP contribution < -0.4 is 10.6 Å². The summed E-state index contributed by atoms with van der Waals surface area (Å²) in [6, 6.07) is 12.5. The number of fused-ring (bicyclic) bond motifs is 1. The Hall–Kier alpha value is -2.73. The molecule has 0 fully saturated rings. The molecule has 0 bridgehead atoms. The number of hydrogen-bond donors (Lipinski definition) is 2. The first-order chi connectivity index (χ1) is 11.0. The summed E-state index contributed by atoms with van der Waals surface area (Å²) in [4.78, 5) is 27.9. The van der Waals surface area contributed by atoms with Gasteiger partial charge in [0.2, 0.25) is 5.91 Å². The fraction of sp³-hybridized carbons (Fsp3) is 0.118. The molecule has 23 heavy (non-hydrogen) atoms. The minimum Gasteiger partial charge on any atom is -0.326 e. The standard InChI is InChI=1S/C17H15N3O2S/c1-10(21)18-13-5-3-4-12(8-13)17(22)20-14-6-7-16-15(9-14)19-11(2)23-16/h3-9H,1-2H3,(H,18,21)(H,20,22). The number of nitrogens with one attached hydrogen (secondary N) is 2. The van der Waals surface area contributed by atoms with E-state index in [2.05, 4.69) is 15.6 Å². The molecule has 0 atom stereocenters. The maximum atomic E-state index is 12.4. The van der Waals surface area contributed by atoms with Crippen LogP contribution in [0.5, 0.6) is 0 Å². The van der Waals surface area contributed by atoms with Crippen molar-refractivity contribution in [2.75, 3.05) is 10.6 Å². The summed E-state index contributed by atoms with van der Waals surface area (Å²) in [6.07, 6.45) is 0. The highest BCUT2D eigenvalue weighted by molar-refractivity contribution is 7.18. The number of rotatable bonds is 3. The number of aromatic nitrogens is 1. The van der Waals surface area contributed by atoms with Crippen LogP contribution in [0.2, 0.25) is 0 Å². The highest BCUT2D eigenvalue weighted by atomic mass is 32.1. The van der Waals surface area contributed by atoms with Gasteiger partial charge in [0.15, 0.2) is 0 Å². The molecule has 5 nitrogen and oxygen atoms in total. The summed E-state index contributed by atoms with van der Waals surface area (Å²) in [5, 5.41) is 6.51. The average molecular weight is 325 g/mol. The van der Waals surface area contributed by atoms with Gasteiger partial charge in [0, 0.05) is 23.9 Å². The minimum atomic E-state index is -0.233. The number of nitrogens with zero attached hydrogens (tertiary/aromatic N) is 1. The highest BCUT2D eigenvalue weighted by Gasteiger charge is 2.09. The van der Waals surface area contributed by atoms with Crippen LogP contribution in [-0.4, -0.2) is 16.8 Å². The predicted molar refractivity (Wildman–Crippen MR) is 93.1 cm³/mol. The second-order valence-electron chi connectivity index (χ2n) is 5.13. The molecule has 0 saturated carbocycles. The summed E-state index contributed by atoms with van der Waals surface area (Å²) in [5.74, 6) is -0.407. The average Bonchev–Trinajstić information content (AvgIpc) is 2.86. The molecule has 0 aliphatic carbocycles.